The van der Waals surface area contributed by atoms with E-state index in [1.165, 1.54) is 24.8 Å². The van der Waals surface area contributed by atoms with Crippen LogP contribution in [0, 0.1) is 0 Å². The maximum atomic E-state index is 3.43. The predicted molar refractivity (Wildman–Crippen MR) is 60.3 cm³/mol. The van der Waals surface area contributed by atoms with Crippen molar-refractivity contribution in [1.29, 1.82) is 0 Å². The highest BCUT2D eigenvalue weighted by Gasteiger charge is 2.06. The molecule has 1 aromatic rings. The SMILES string of the molecule is C1=CC(CCCc2ccccc2)NC1. The average Bonchev–Trinajstić information content (AvgIpc) is 2.72. The molecule has 1 aliphatic heterocycles. The first kappa shape index (κ1) is 9.47. The highest BCUT2D eigenvalue weighted by molar-refractivity contribution is 5.14. The van der Waals surface area contributed by atoms with Crippen molar-refractivity contribution < 1.29 is 0 Å². The minimum Gasteiger partial charge on any atom is -0.307 e. The normalized spacial score (nSPS) is 20.1. The van der Waals surface area contributed by atoms with E-state index in [1.54, 1.807) is 0 Å². The fourth-order valence-corrected chi connectivity index (χ4v) is 1.89. The first-order chi connectivity index (χ1) is 6.95. The zero-order valence-corrected chi connectivity index (χ0v) is 8.45. The first-order valence-electron chi connectivity index (χ1n) is 5.39. The number of rotatable bonds is 4. The van der Waals surface area contributed by atoms with Gasteiger partial charge in [0.05, 0.1) is 0 Å². The third kappa shape index (κ3) is 2.71. The van der Waals surface area contributed by atoms with Gasteiger partial charge in [-0.25, -0.2) is 0 Å². The van der Waals surface area contributed by atoms with Crippen molar-refractivity contribution in [3.05, 3.63) is 48.0 Å². The maximum absolute atomic E-state index is 3.43. The maximum Gasteiger partial charge on any atom is 0.0253 e. The van der Waals surface area contributed by atoms with Gasteiger partial charge in [-0.3, -0.25) is 0 Å². The molecule has 0 aliphatic carbocycles. The van der Waals surface area contributed by atoms with Crippen molar-refractivity contribution >= 4 is 0 Å². The van der Waals surface area contributed by atoms with E-state index in [4.69, 9.17) is 0 Å². The summed E-state index contributed by atoms with van der Waals surface area (Å²) < 4.78 is 0. The molecule has 0 saturated carbocycles. The zero-order chi connectivity index (χ0) is 9.64. The van der Waals surface area contributed by atoms with Crippen LogP contribution in [0.2, 0.25) is 0 Å². The van der Waals surface area contributed by atoms with Gasteiger partial charge >= 0.3 is 0 Å². The molecule has 0 spiro atoms. The average molecular weight is 187 g/mol. The van der Waals surface area contributed by atoms with Gasteiger partial charge in [-0.1, -0.05) is 42.5 Å². The summed E-state index contributed by atoms with van der Waals surface area (Å²) in [7, 11) is 0. The van der Waals surface area contributed by atoms with Crippen LogP contribution < -0.4 is 5.32 Å². The second kappa shape index (κ2) is 4.97. The molecule has 0 bridgehead atoms. The minimum absolute atomic E-state index is 0.624. The Morgan fingerprint density at radius 2 is 2.07 bits per heavy atom. The molecule has 1 nitrogen and oxygen atoms in total. The molecule has 74 valence electrons. The second-order valence-corrected chi connectivity index (χ2v) is 3.82. The molecule has 0 saturated heterocycles. The first-order valence-corrected chi connectivity index (χ1v) is 5.39. The van der Waals surface area contributed by atoms with Crippen LogP contribution in [0.25, 0.3) is 0 Å². The van der Waals surface area contributed by atoms with Crippen LogP contribution >= 0.6 is 0 Å². The van der Waals surface area contributed by atoms with E-state index in [9.17, 15) is 0 Å². The lowest BCUT2D eigenvalue weighted by molar-refractivity contribution is 0.588. The number of hydrogen-bond donors (Lipinski definition) is 1. The monoisotopic (exact) mass is 187 g/mol. The third-order valence-electron chi connectivity index (χ3n) is 2.69. The van der Waals surface area contributed by atoms with Crippen LogP contribution in [0.3, 0.4) is 0 Å². The van der Waals surface area contributed by atoms with Gasteiger partial charge in [-0.05, 0) is 24.8 Å². The Morgan fingerprint density at radius 3 is 2.79 bits per heavy atom. The van der Waals surface area contributed by atoms with E-state index in [2.05, 4.69) is 47.8 Å². The molecule has 1 heteroatoms. The fourth-order valence-electron chi connectivity index (χ4n) is 1.89. The fraction of sp³-hybridized carbons (Fsp3) is 0.385. The summed E-state index contributed by atoms with van der Waals surface area (Å²) in [6.07, 6.45) is 8.22. The largest absolute Gasteiger partial charge is 0.307 e. The lowest BCUT2D eigenvalue weighted by Gasteiger charge is -2.08. The van der Waals surface area contributed by atoms with Crippen LogP contribution in [-0.4, -0.2) is 12.6 Å². The smallest absolute Gasteiger partial charge is 0.0253 e. The Morgan fingerprint density at radius 1 is 1.21 bits per heavy atom. The third-order valence-corrected chi connectivity index (χ3v) is 2.69. The highest BCUT2D eigenvalue weighted by atomic mass is 14.9. The zero-order valence-electron chi connectivity index (χ0n) is 8.45. The Balaban J connectivity index is 1.70. The molecular formula is C13H17N. The van der Waals surface area contributed by atoms with Gasteiger partial charge < -0.3 is 5.32 Å². The highest BCUT2D eigenvalue weighted by Crippen LogP contribution is 2.08. The molecule has 14 heavy (non-hydrogen) atoms. The molecule has 1 atom stereocenters. The molecule has 0 radical (unpaired) electrons. The molecule has 2 rings (SSSR count). The Kier molecular flexibility index (Phi) is 3.36. The van der Waals surface area contributed by atoms with Crippen molar-refractivity contribution in [2.45, 2.75) is 25.3 Å². The topological polar surface area (TPSA) is 12.0 Å². The van der Waals surface area contributed by atoms with Crippen molar-refractivity contribution in [2.24, 2.45) is 0 Å². The Hall–Kier alpha value is -1.08. The van der Waals surface area contributed by atoms with Crippen molar-refractivity contribution in [2.75, 3.05) is 6.54 Å². The van der Waals surface area contributed by atoms with E-state index in [0.717, 1.165) is 6.54 Å². The molecule has 0 fully saturated rings. The Labute approximate surface area is 85.8 Å². The summed E-state index contributed by atoms with van der Waals surface area (Å²) >= 11 is 0. The quantitative estimate of drug-likeness (QED) is 0.714. The number of benzene rings is 1. The summed E-state index contributed by atoms with van der Waals surface area (Å²) in [4.78, 5) is 0. The van der Waals surface area contributed by atoms with E-state index in [0.29, 0.717) is 6.04 Å². The van der Waals surface area contributed by atoms with Gasteiger partial charge in [0.25, 0.3) is 0 Å². The molecule has 1 aromatic carbocycles. The lowest BCUT2D eigenvalue weighted by Crippen LogP contribution is -2.21. The lowest BCUT2D eigenvalue weighted by atomic mass is 10.1. The number of aryl methyl sites for hydroxylation is 1. The van der Waals surface area contributed by atoms with Crippen LogP contribution in [0.4, 0.5) is 0 Å². The molecule has 1 unspecified atom stereocenters. The Bertz CT molecular complexity index is 289. The summed E-state index contributed by atoms with van der Waals surface area (Å²) in [5.41, 5.74) is 1.45. The summed E-state index contributed by atoms with van der Waals surface area (Å²) in [5.74, 6) is 0. The molecular weight excluding hydrogens is 170 g/mol. The molecule has 0 amide bonds. The van der Waals surface area contributed by atoms with Gasteiger partial charge in [0.15, 0.2) is 0 Å². The second-order valence-electron chi connectivity index (χ2n) is 3.82. The molecule has 1 aliphatic rings. The van der Waals surface area contributed by atoms with E-state index in [1.807, 2.05) is 0 Å². The van der Waals surface area contributed by atoms with Gasteiger partial charge in [0.1, 0.15) is 0 Å². The molecule has 1 heterocycles. The van der Waals surface area contributed by atoms with E-state index < -0.39 is 0 Å². The van der Waals surface area contributed by atoms with Crippen LogP contribution in [0.5, 0.6) is 0 Å². The van der Waals surface area contributed by atoms with Crippen LogP contribution in [0.1, 0.15) is 18.4 Å². The van der Waals surface area contributed by atoms with Crippen LogP contribution in [0.15, 0.2) is 42.5 Å². The van der Waals surface area contributed by atoms with Crippen molar-refractivity contribution in [3.8, 4) is 0 Å². The predicted octanol–water partition coefficient (Wildman–Crippen LogP) is 2.54. The summed E-state index contributed by atoms with van der Waals surface area (Å²) in [6.45, 7) is 1.05. The summed E-state index contributed by atoms with van der Waals surface area (Å²) in [5, 5.41) is 3.43. The van der Waals surface area contributed by atoms with E-state index >= 15 is 0 Å². The van der Waals surface area contributed by atoms with Gasteiger partial charge in [0.2, 0.25) is 0 Å². The van der Waals surface area contributed by atoms with Gasteiger partial charge in [-0.2, -0.15) is 0 Å². The minimum atomic E-state index is 0.624. The number of nitrogens with one attached hydrogen (secondary N) is 1. The molecule has 1 N–H and O–H groups in total. The number of hydrogen-bond acceptors (Lipinski definition) is 1. The van der Waals surface area contributed by atoms with Crippen molar-refractivity contribution in [1.82, 2.24) is 5.32 Å². The van der Waals surface area contributed by atoms with Crippen LogP contribution in [-0.2, 0) is 6.42 Å². The summed E-state index contributed by atoms with van der Waals surface area (Å²) in [6, 6.07) is 11.3. The standard InChI is InChI=1S/C13H17N/c1-2-6-12(7-3-1)8-4-9-13-10-5-11-14-13/h1-3,5-7,10,13-14H,4,8-9,11H2. The van der Waals surface area contributed by atoms with E-state index in [-0.39, 0.29) is 0 Å². The van der Waals surface area contributed by atoms with Gasteiger partial charge in [0, 0.05) is 12.6 Å². The van der Waals surface area contributed by atoms with Gasteiger partial charge in [-0.15, -0.1) is 0 Å². The molecule has 0 aromatic heterocycles. The van der Waals surface area contributed by atoms with Crippen molar-refractivity contribution in [3.63, 3.8) is 0 Å².